The van der Waals surface area contributed by atoms with Gasteiger partial charge in [-0.2, -0.15) is 4.40 Å². The highest BCUT2D eigenvalue weighted by molar-refractivity contribution is 8.00. The smallest absolute Gasteiger partial charge is 0.408 e. The molecular formula is C18H20N4O5S2. The van der Waals surface area contributed by atoms with E-state index in [1.807, 2.05) is 33.1 Å². The number of rotatable bonds is 4. The lowest BCUT2D eigenvalue weighted by Gasteiger charge is -2.50. The molecular weight excluding hydrogens is 416 g/mol. The van der Waals surface area contributed by atoms with E-state index in [4.69, 9.17) is 4.74 Å². The third kappa shape index (κ3) is 3.71. The molecule has 0 bridgehead atoms. The fourth-order valence-electron chi connectivity index (χ4n) is 3.36. The number of fused-ring (bicyclic) bond motifs is 2. The van der Waals surface area contributed by atoms with Gasteiger partial charge in [0.2, 0.25) is 11.2 Å². The average Bonchev–Trinajstić information content (AvgIpc) is 3.19. The molecule has 2 aliphatic rings. The number of carbonyl (C=O) groups is 3. The minimum atomic E-state index is -1.39. The van der Waals surface area contributed by atoms with Crippen LogP contribution in [-0.4, -0.2) is 50.0 Å². The van der Waals surface area contributed by atoms with E-state index in [1.165, 1.54) is 16.7 Å². The molecule has 2 amide bonds. The number of hydrogen-bond acceptors (Lipinski definition) is 7. The second-order valence-electron chi connectivity index (χ2n) is 7.84. The van der Waals surface area contributed by atoms with Crippen molar-refractivity contribution in [3.05, 3.63) is 35.4 Å². The van der Waals surface area contributed by atoms with Gasteiger partial charge in [0.05, 0.1) is 11.7 Å². The zero-order chi connectivity index (χ0) is 20.9. The number of carboxylic acid groups (broad SMARTS) is 1. The standard InChI is InChI=1S/C18H20N4O5S2/c1-18(2,3)27-17(26)19-12-14(23)22-13(16(24)25)10(8-29-15(12)22)6-20-7-11-21(9-20)4-5-28-11/h4-5,7,9,12,15H,6,8H2,1-3H3,(H-,19,24,25,26)/t12-,15-/m1/s1. The molecule has 0 unspecified atom stereocenters. The van der Waals surface area contributed by atoms with Gasteiger partial charge < -0.3 is 20.0 Å². The zero-order valence-corrected chi connectivity index (χ0v) is 17.7. The number of β-lactam (4-membered cyclic amide) rings is 1. The van der Waals surface area contributed by atoms with Gasteiger partial charge in [0.25, 0.3) is 5.91 Å². The monoisotopic (exact) mass is 436 g/mol. The van der Waals surface area contributed by atoms with Gasteiger partial charge >= 0.3 is 6.09 Å². The van der Waals surface area contributed by atoms with Crippen molar-refractivity contribution in [1.29, 1.82) is 0 Å². The molecule has 2 aliphatic heterocycles. The lowest BCUT2D eigenvalue weighted by Crippen LogP contribution is -2.71. The predicted octanol–water partition coefficient (Wildman–Crippen LogP) is 0.101. The molecule has 0 spiro atoms. The molecule has 1 saturated heterocycles. The number of carbonyl (C=O) groups excluding carboxylic acids is 3. The first kappa shape index (κ1) is 19.8. The number of thiazole rings is 1. The van der Waals surface area contributed by atoms with Crippen molar-refractivity contribution in [2.45, 2.75) is 44.3 Å². The second kappa shape index (κ2) is 7.06. The first-order chi connectivity index (χ1) is 13.6. The summed E-state index contributed by atoms with van der Waals surface area (Å²) >= 11 is 2.99. The van der Waals surface area contributed by atoms with Crippen LogP contribution in [0.25, 0.3) is 4.83 Å². The van der Waals surface area contributed by atoms with E-state index in [0.29, 0.717) is 17.9 Å². The van der Waals surface area contributed by atoms with E-state index < -0.39 is 35.0 Å². The molecule has 0 radical (unpaired) electrons. The highest BCUT2D eigenvalue weighted by atomic mass is 32.2. The topological polar surface area (TPSA) is 107 Å². The molecule has 4 rings (SSSR count). The molecule has 2 aromatic heterocycles. The van der Waals surface area contributed by atoms with Crippen LogP contribution in [0.2, 0.25) is 0 Å². The number of hydrogen-bond donors (Lipinski definition) is 1. The van der Waals surface area contributed by atoms with Crippen LogP contribution < -0.4 is 15.0 Å². The van der Waals surface area contributed by atoms with Crippen LogP contribution >= 0.6 is 23.1 Å². The minimum Gasteiger partial charge on any atom is -0.543 e. The Balaban J connectivity index is 1.53. The van der Waals surface area contributed by atoms with Gasteiger partial charge in [0.1, 0.15) is 36.0 Å². The maximum atomic E-state index is 12.6. The number of ether oxygens (including phenoxy) is 1. The largest absolute Gasteiger partial charge is 0.543 e. The molecule has 1 fully saturated rings. The minimum absolute atomic E-state index is 0.108. The van der Waals surface area contributed by atoms with E-state index in [-0.39, 0.29) is 5.70 Å². The number of alkyl carbamates (subject to hydrolysis) is 1. The third-order valence-corrected chi connectivity index (χ3v) is 6.66. The summed E-state index contributed by atoms with van der Waals surface area (Å²) in [6, 6.07) is -0.821. The van der Waals surface area contributed by atoms with Crippen molar-refractivity contribution in [2.24, 2.45) is 0 Å². The molecule has 29 heavy (non-hydrogen) atoms. The van der Waals surface area contributed by atoms with Crippen molar-refractivity contribution in [3.8, 4) is 0 Å². The van der Waals surface area contributed by atoms with E-state index in [9.17, 15) is 19.5 Å². The Morgan fingerprint density at radius 1 is 1.41 bits per heavy atom. The number of nitrogens with zero attached hydrogens (tertiary/aromatic N) is 3. The summed E-state index contributed by atoms with van der Waals surface area (Å²) in [4.78, 5) is 38.7. The van der Waals surface area contributed by atoms with Crippen LogP contribution in [0.15, 0.2) is 35.4 Å². The highest BCUT2D eigenvalue weighted by Crippen LogP contribution is 2.40. The Kier molecular flexibility index (Phi) is 4.82. The fraction of sp³-hybridized carbons (Fsp3) is 0.444. The molecule has 2 aromatic rings. The summed E-state index contributed by atoms with van der Waals surface area (Å²) in [7, 11) is 0. The maximum Gasteiger partial charge on any atom is 0.408 e. The van der Waals surface area contributed by atoms with Crippen molar-refractivity contribution in [3.63, 3.8) is 0 Å². The summed E-state index contributed by atoms with van der Waals surface area (Å²) in [6.07, 6.45) is 5.01. The quantitative estimate of drug-likeness (QED) is 0.538. The van der Waals surface area contributed by atoms with Crippen molar-refractivity contribution in [1.82, 2.24) is 14.6 Å². The Labute approximate surface area is 174 Å². The number of carboxylic acids is 1. The maximum absolute atomic E-state index is 12.6. The van der Waals surface area contributed by atoms with Crippen molar-refractivity contribution in [2.75, 3.05) is 5.75 Å². The second-order valence-corrected chi connectivity index (χ2v) is 9.87. The lowest BCUT2D eigenvalue weighted by atomic mass is 10.0. The van der Waals surface area contributed by atoms with Gasteiger partial charge in [-0.3, -0.25) is 9.69 Å². The van der Waals surface area contributed by atoms with Crippen molar-refractivity contribution < 1.29 is 28.8 Å². The summed E-state index contributed by atoms with van der Waals surface area (Å²) in [5, 5.41) is 15.8. The van der Waals surface area contributed by atoms with Gasteiger partial charge in [-0.15, -0.1) is 11.8 Å². The summed E-state index contributed by atoms with van der Waals surface area (Å²) in [6.45, 7) is 5.52. The molecule has 9 nitrogen and oxygen atoms in total. The Morgan fingerprint density at radius 2 is 2.17 bits per heavy atom. The molecule has 0 aromatic carbocycles. The molecule has 0 aliphatic carbocycles. The van der Waals surface area contributed by atoms with Gasteiger partial charge in [0, 0.05) is 16.7 Å². The number of nitrogens with one attached hydrogen (secondary N) is 1. The van der Waals surface area contributed by atoms with E-state index in [2.05, 4.69) is 5.32 Å². The van der Waals surface area contributed by atoms with Crippen LogP contribution in [0.3, 0.4) is 0 Å². The van der Waals surface area contributed by atoms with Gasteiger partial charge in [-0.1, -0.05) is 11.3 Å². The Hall–Kier alpha value is -2.53. The molecule has 0 saturated carbocycles. The first-order valence-electron chi connectivity index (χ1n) is 8.96. The number of aromatic nitrogens is 2. The molecule has 11 heteroatoms. The van der Waals surface area contributed by atoms with Crippen LogP contribution in [0.4, 0.5) is 4.79 Å². The SMILES string of the molecule is CC(C)(C)OC(=O)N[C@@H]1C(=O)N2C(C(=O)[O-])=C(C[n+]3cc4sccn4c3)CS[C@H]12. The molecule has 154 valence electrons. The van der Waals surface area contributed by atoms with Gasteiger partial charge in [0.15, 0.2) is 0 Å². The van der Waals surface area contributed by atoms with E-state index in [0.717, 1.165) is 4.83 Å². The van der Waals surface area contributed by atoms with E-state index >= 15 is 0 Å². The number of aliphatic carboxylic acids is 1. The fourth-order valence-corrected chi connectivity index (χ4v) is 5.45. The first-order valence-corrected chi connectivity index (χ1v) is 10.9. The predicted molar refractivity (Wildman–Crippen MR) is 104 cm³/mol. The Bertz CT molecular complexity index is 1010. The van der Waals surface area contributed by atoms with Crippen LogP contribution in [0.5, 0.6) is 0 Å². The van der Waals surface area contributed by atoms with Crippen LogP contribution in [0, 0.1) is 0 Å². The normalized spacial score (nSPS) is 21.8. The van der Waals surface area contributed by atoms with Crippen LogP contribution in [0.1, 0.15) is 20.8 Å². The summed E-state index contributed by atoms with van der Waals surface area (Å²) < 4.78 is 9.02. The third-order valence-electron chi connectivity index (χ3n) is 4.50. The number of imidazole rings is 1. The average molecular weight is 437 g/mol. The molecule has 2 atom stereocenters. The summed E-state index contributed by atoms with van der Waals surface area (Å²) in [5.74, 6) is -1.45. The zero-order valence-electron chi connectivity index (χ0n) is 16.1. The number of amides is 2. The lowest BCUT2D eigenvalue weighted by molar-refractivity contribution is -0.687. The molecule has 1 N–H and O–H groups in total. The van der Waals surface area contributed by atoms with Gasteiger partial charge in [-0.25, -0.2) is 9.36 Å². The molecule has 4 heterocycles. The Morgan fingerprint density at radius 3 is 2.83 bits per heavy atom. The number of thioether (sulfide) groups is 1. The van der Waals surface area contributed by atoms with Crippen LogP contribution in [-0.2, 0) is 20.9 Å². The van der Waals surface area contributed by atoms with Crippen molar-refractivity contribution >= 4 is 45.9 Å². The summed E-state index contributed by atoms with van der Waals surface area (Å²) in [5.41, 5.74) is -0.205. The van der Waals surface area contributed by atoms with Gasteiger partial charge in [-0.05, 0) is 20.8 Å². The highest BCUT2D eigenvalue weighted by Gasteiger charge is 2.53. The van der Waals surface area contributed by atoms with E-state index in [1.54, 1.807) is 32.1 Å².